The molecule has 6 heterocycles. The van der Waals surface area contributed by atoms with E-state index in [0.29, 0.717) is 0 Å². The molecule has 0 saturated carbocycles. The van der Waals surface area contributed by atoms with Gasteiger partial charge in [0, 0.05) is 11.5 Å². The zero-order valence-electron chi connectivity index (χ0n) is 23.9. The van der Waals surface area contributed by atoms with Crippen molar-refractivity contribution in [2.75, 3.05) is 0 Å². The van der Waals surface area contributed by atoms with Gasteiger partial charge >= 0.3 is 0 Å². The molecule has 7 nitrogen and oxygen atoms in total. The van der Waals surface area contributed by atoms with Gasteiger partial charge in [-0.25, -0.2) is 9.97 Å². The number of pyridine rings is 1. The van der Waals surface area contributed by atoms with Crippen LogP contribution >= 0.6 is 0 Å². The van der Waals surface area contributed by atoms with Gasteiger partial charge in [0.25, 0.3) is 0 Å². The zero-order valence-corrected chi connectivity index (χ0v) is 23.9. The summed E-state index contributed by atoms with van der Waals surface area (Å²) in [6.07, 6.45) is 4.33. The molecule has 0 amide bonds. The van der Waals surface area contributed by atoms with Crippen molar-refractivity contribution in [2.45, 2.75) is 6.04 Å². The van der Waals surface area contributed by atoms with Crippen LogP contribution < -0.4 is 4.57 Å². The number of rotatable bonds is 2. The summed E-state index contributed by atoms with van der Waals surface area (Å²) in [5.74, 6) is 1.88. The Bertz CT molecular complexity index is 2850. The molecule has 11 rings (SSSR count). The molecule has 10 aromatic rings. The Kier molecular flexibility index (Phi) is 4.26. The molecule has 1 aliphatic rings. The second kappa shape index (κ2) is 8.24. The molecule has 0 radical (unpaired) electrons. The first kappa shape index (κ1) is 23.3. The first-order chi connectivity index (χ1) is 22.3. The molecule has 1 atom stereocenters. The highest BCUT2D eigenvalue weighted by atomic mass is 16.3. The molecule has 0 aliphatic carbocycles. The maximum atomic E-state index is 6.69. The first-order valence-corrected chi connectivity index (χ1v) is 15.1. The van der Waals surface area contributed by atoms with Crippen molar-refractivity contribution in [2.24, 2.45) is 0 Å². The third-order valence-corrected chi connectivity index (χ3v) is 9.39. The fraction of sp³-hybridized carbons (Fsp3) is 0.0263. The molecular weight excluding hydrogens is 556 g/mol. The van der Waals surface area contributed by atoms with E-state index in [4.69, 9.17) is 14.4 Å². The molecule has 5 aromatic heterocycles. The average Bonchev–Trinajstić information content (AvgIpc) is 3.87. The normalized spacial score (nSPS) is 14.4. The lowest BCUT2D eigenvalue weighted by Gasteiger charge is -2.06. The average molecular weight is 580 g/mol. The van der Waals surface area contributed by atoms with Crippen LogP contribution in [-0.4, -0.2) is 23.5 Å². The Labute approximate surface area is 255 Å². The van der Waals surface area contributed by atoms with Crippen LogP contribution in [0.5, 0.6) is 0 Å². The summed E-state index contributed by atoms with van der Waals surface area (Å²) in [4.78, 5) is 10.2. The van der Waals surface area contributed by atoms with Gasteiger partial charge in [-0.3, -0.25) is 13.5 Å². The van der Waals surface area contributed by atoms with Gasteiger partial charge in [-0.05, 0) is 54.6 Å². The molecule has 1 unspecified atom stereocenters. The van der Waals surface area contributed by atoms with E-state index < -0.39 is 0 Å². The number of furan rings is 1. The summed E-state index contributed by atoms with van der Waals surface area (Å²) in [6.45, 7) is 0. The minimum Gasteiger partial charge on any atom is -0.453 e. The predicted molar refractivity (Wildman–Crippen MR) is 175 cm³/mol. The van der Waals surface area contributed by atoms with Crippen molar-refractivity contribution in [1.82, 2.24) is 23.5 Å². The van der Waals surface area contributed by atoms with Crippen molar-refractivity contribution in [3.8, 4) is 11.4 Å². The van der Waals surface area contributed by atoms with E-state index in [1.54, 1.807) is 0 Å². The van der Waals surface area contributed by atoms with Gasteiger partial charge in [-0.1, -0.05) is 60.7 Å². The largest absolute Gasteiger partial charge is 0.453 e. The molecule has 0 N–H and O–H groups in total. The van der Waals surface area contributed by atoms with Crippen molar-refractivity contribution >= 4 is 60.8 Å². The number of aromatic nitrogens is 6. The fourth-order valence-electron chi connectivity index (χ4n) is 7.51. The summed E-state index contributed by atoms with van der Waals surface area (Å²) in [5.41, 5.74) is 11.4. The van der Waals surface area contributed by atoms with Crippen LogP contribution in [0.1, 0.15) is 17.4 Å². The van der Waals surface area contributed by atoms with Crippen LogP contribution in [-0.2, 0) is 0 Å². The smallest absolute Gasteiger partial charge is 0.243 e. The second-order valence-corrected chi connectivity index (χ2v) is 11.7. The highest BCUT2D eigenvalue weighted by Crippen LogP contribution is 2.40. The van der Waals surface area contributed by atoms with Gasteiger partial charge in [0.05, 0.1) is 55.4 Å². The Balaban J connectivity index is 1.16. The van der Waals surface area contributed by atoms with Crippen molar-refractivity contribution in [3.05, 3.63) is 145 Å². The number of hydrogen-bond donors (Lipinski definition) is 0. The molecule has 0 spiro atoms. The molecule has 210 valence electrons. The Morgan fingerprint density at radius 2 is 1.29 bits per heavy atom. The second-order valence-electron chi connectivity index (χ2n) is 11.7. The van der Waals surface area contributed by atoms with Crippen LogP contribution in [0.25, 0.3) is 72.2 Å². The van der Waals surface area contributed by atoms with E-state index in [-0.39, 0.29) is 6.04 Å². The van der Waals surface area contributed by atoms with E-state index >= 15 is 0 Å². The van der Waals surface area contributed by atoms with E-state index in [2.05, 4.69) is 140 Å². The summed E-state index contributed by atoms with van der Waals surface area (Å²) in [7, 11) is 0. The molecule has 45 heavy (non-hydrogen) atoms. The molecule has 0 saturated heterocycles. The summed E-state index contributed by atoms with van der Waals surface area (Å²) >= 11 is 0. The van der Waals surface area contributed by atoms with Crippen molar-refractivity contribution in [3.63, 3.8) is 0 Å². The quantitative estimate of drug-likeness (QED) is 0.196. The number of nitrogens with zero attached hydrogens (tertiary/aromatic N) is 6. The van der Waals surface area contributed by atoms with Gasteiger partial charge < -0.3 is 4.42 Å². The lowest BCUT2D eigenvalue weighted by atomic mass is 10.1. The van der Waals surface area contributed by atoms with E-state index in [0.717, 1.165) is 72.3 Å². The van der Waals surface area contributed by atoms with Gasteiger partial charge in [-0.2, -0.15) is 4.57 Å². The maximum Gasteiger partial charge on any atom is 0.243 e. The number of hydrogen-bond acceptors (Lipinski definition) is 3. The van der Waals surface area contributed by atoms with Gasteiger partial charge in [0.1, 0.15) is 5.58 Å². The molecule has 5 aromatic carbocycles. The lowest BCUT2D eigenvalue weighted by molar-refractivity contribution is -0.703. The fourth-order valence-corrected chi connectivity index (χ4v) is 7.51. The molecule has 7 heteroatoms. The third kappa shape index (κ3) is 2.92. The Hall–Kier alpha value is -6.21. The van der Waals surface area contributed by atoms with E-state index in [9.17, 15) is 0 Å². The Morgan fingerprint density at radius 1 is 0.578 bits per heavy atom. The minimum absolute atomic E-state index is 0.0588. The Morgan fingerprint density at radius 3 is 2.18 bits per heavy atom. The molecule has 0 fully saturated rings. The van der Waals surface area contributed by atoms with Gasteiger partial charge in [0.2, 0.25) is 11.8 Å². The minimum atomic E-state index is -0.0588. The van der Waals surface area contributed by atoms with Crippen molar-refractivity contribution in [1.29, 1.82) is 0 Å². The highest BCUT2D eigenvalue weighted by Gasteiger charge is 2.39. The standard InChI is InChI=1S/C38H23N6O/c1-4-14-28-24(10-1)35(37-39-26-12-2-5-15-29(26)42(28)37)41-21-20-34-25(22-41)23-11-9-19-33(36(23)45-34)44-32-18-8-7-17-31(32)43-30-16-6-3-13-27(30)40-38(43)44/h1-22,35H/q+1. The van der Waals surface area contributed by atoms with Gasteiger partial charge in [0.15, 0.2) is 23.8 Å². The van der Waals surface area contributed by atoms with Crippen LogP contribution in [0.3, 0.4) is 0 Å². The summed E-state index contributed by atoms with van der Waals surface area (Å²) in [6, 6.07) is 42.1. The monoisotopic (exact) mass is 579 g/mol. The number of imidazole rings is 3. The molecular formula is C38H23N6O+. The van der Waals surface area contributed by atoms with Crippen LogP contribution in [0, 0.1) is 0 Å². The topological polar surface area (TPSA) is 57.1 Å². The van der Waals surface area contributed by atoms with Crippen LogP contribution in [0.2, 0.25) is 0 Å². The van der Waals surface area contributed by atoms with E-state index in [1.165, 1.54) is 11.3 Å². The number of fused-ring (bicyclic) bond motifs is 13. The maximum absolute atomic E-state index is 6.69. The summed E-state index contributed by atoms with van der Waals surface area (Å²) < 4.78 is 15.7. The zero-order chi connectivity index (χ0) is 29.2. The van der Waals surface area contributed by atoms with Crippen LogP contribution in [0.15, 0.2) is 138 Å². The SMILES string of the molecule is c1ccc2c(c1)C([n+]1ccc3oc4c(-n5c6ccccc6n6c7ccccc7nc56)cccc4c3c1)c1nc3ccccc3n1-2. The third-order valence-electron chi connectivity index (χ3n) is 9.39. The molecule has 1 aliphatic heterocycles. The van der Waals surface area contributed by atoms with Crippen molar-refractivity contribution < 1.29 is 8.98 Å². The summed E-state index contributed by atoms with van der Waals surface area (Å²) in [5, 5.41) is 2.12. The highest BCUT2D eigenvalue weighted by molar-refractivity contribution is 6.07. The van der Waals surface area contributed by atoms with Gasteiger partial charge in [-0.15, -0.1) is 0 Å². The number of para-hydroxylation sites is 8. The first-order valence-electron chi connectivity index (χ1n) is 15.1. The van der Waals surface area contributed by atoms with Crippen LogP contribution in [0.4, 0.5) is 0 Å². The molecule has 0 bridgehead atoms. The number of benzene rings is 5. The predicted octanol–water partition coefficient (Wildman–Crippen LogP) is 7.91. The lowest BCUT2D eigenvalue weighted by Crippen LogP contribution is -2.39. The van der Waals surface area contributed by atoms with E-state index in [1.807, 2.05) is 12.1 Å².